The number of halogens is 1. The number of carbonyl (C=O) groups excluding carboxylic acids is 1. The Bertz CT molecular complexity index is 803. The molecule has 0 spiro atoms. The molecule has 1 aromatic heterocycles. The summed E-state index contributed by atoms with van der Waals surface area (Å²) in [6.45, 7) is 0.540. The second-order valence-electron chi connectivity index (χ2n) is 5.89. The number of hydrogen-bond donors (Lipinski definition) is 0. The van der Waals surface area contributed by atoms with Gasteiger partial charge >= 0.3 is 0 Å². The Labute approximate surface area is 156 Å². The fourth-order valence-electron chi connectivity index (χ4n) is 2.76. The summed E-state index contributed by atoms with van der Waals surface area (Å²) in [4.78, 5) is 18.8. The molecule has 3 rings (SSSR count). The van der Waals surface area contributed by atoms with Crippen LogP contribution in [-0.4, -0.2) is 22.8 Å². The molecule has 0 aliphatic carbocycles. The van der Waals surface area contributed by atoms with Gasteiger partial charge in [-0.05, 0) is 23.3 Å². The van der Waals surface area contributed by atoms with Gasteiger partial charge in [0.05, 0.1) is 6.54 Å². The van der Waals surface area contributed by atoms with E-state index in [4.69, 9.17) is 11.6 Å². The van der Waals surface area contributed by atoms with Crippen LogP contribution < -0.4 is 0 Å². The van der Waals surface area contributed by atoms with Gasteiger partial charge in [0, 0.05) is 36.0 Å². The molecular weight excluding hydrogens is 352 g/mol. The molecule has 3 nitrogen and oxygen atoms in total. The molecule has 128 valence electrons. The fraction of sp³-hybridized carbons (Fsp3) is 0.200. The van der Waals surface area contributed by atoms with Crippen LogP contribution in [0.2, 0.25) is 5.02 Å². The Kier molecular flexibility index (Phi) is 5.84. The van der Waals surface area contributed by atoms with E-state index in [1.54, 1.807) is 22.4 Å². The van der Waals surface area contributed by atoms with E-state index in [0.717, 1.165) is 16.1 Å². The van der Waals surface area contributed by atoms with Gasteiger partial charge in [0.25, 0.3) is 0 Å². The highest BCUT2D eigenvalue weighted by Crippen LogP contribution is 2.29. The van der Waals surface area contributed by atoms with Gasteiger partial charge in [-0.3, -0.25) is 4.79 Å². The molecule has 1 amide bonds. The molecule has 0 aliphatic heterocycles. The van der Waals surface area contributed by atoms with Gasteiger partial charge in [-0.1, -0.05) is 54.1 Å². The average Bonchev–Trinajstić information content (AvgIpc) is 3.14. The smallest absolute Gasteiger partial charge is 0.223 e. The van der Waals surface area contributed by atoms with Crippen molar-refractivity contribution in [1.29, 1.82) is 0 Å². The minimum absolute atomic E-state index is 0.00436. The molecule has 1 atom stereocenters. The number of benzene rings is 2. The number of nitrogens with zero attached hydrogens (tertiary/aromatic N) is 2. The first-order valence-corrected chi connectivity index (χ1v) is 9.32. The van der Waals surface area contributed by atoms with Crippen molar-refractivity contribution in [2.45, 2.75) is 18.9 Å². The van der Waals surface area contributed by atoms with Crippen molar-refractivity contribution < 1.29 is 4.79 Å². The maximum absolute atomic E-state index is 12.8. The molecule has 5 heteroatoms. The van der Waals surface area contributed by atoms with Crippen molar-refractivity contribution >= 4 is 28.8 Å². The first-order valence-electron chi connectivity index (χ1n) is 8.06. The SMILES string of the molecule is CN(Cc1nccs1)C(=O)C[C@@H](c1ccccc1)c1ccc(Cl)cc1. The third-order valence-corrected chi connectivity index (χ3v) is 5.15. The summed E-state index contributed by atoms with van der Waals surface area (Å²) < 4.78 is 0. The monoisotopic (exact) mass is 370 g/mol. The van der Waals surface area contributed by atoms with Crippen LogP contribution in [0.5, 0.6) is 0 Å². The number of rotatable bonds is 6. The average molecular weight is 371 g/mol. The lowest BCUT2D eigenvalue weighted by Gasteiger charge is -2.22. The Morgan fingerprint density at radius 2 is 1.80 bits per heavy atom. The molecular formula is C20H19ClN2OS. The molecule has 0 saturated heterocycles. The molecule has 3 aromatic rings. The van der Waals surface area contributed by atoms with Crippen molar-refractivity contribution in [2.24, 2.45) is 0 Å². The third kappa shape index (κ3) is 4.68. The largest absolute Gasteiger partial charge is 0.339 e. The van der Waals surface area contributed by atoms with Crippen LogP contribution in [0.25, 0.3) is 0 Å². The van der Waals surface area contributed by atoms with E-state index in [1.165, 1.54) is 0 Å². The summed E-state index contributed by atoms with van der Waals surface area (Å²) >= 11 is 7.58. The van der Waals surface area contributed by atoms with Crippen LogP contribution in [0.1, 0.15) is 28.5 Å². The van der Waals surface area contributed by atoms with Crippen molar-refractivity contribution in [3.8, 4) is 0 Å². The zero-order valence-corrected chi connectivity index (χ0v) is 15.5. The number of thiazole rings is 1. The third-order valence-electron chi connectivity index (χ3n) is 4.13. The van der Waals surface area contributed by atoms with Crippen molar-refractivity contribution in [3.63, 3.8) is 0 Å². The van der Waals surface area contributed by atoms with E-state index in [-0.39, 0.29) is 11.8 Å². The van der Waals surface area contributed by atoms with E-state index in [1.807, 2.05) is 54.9 Å². The molecule has 25 heavy (non-hydrogen) atoms. The summed E-state index contributed by atoms with van der Waals surface area (Å²) in [5, 5.41) is 3.56. The van der Waals surface area contributed by atoms with Gasteiger partial charge in [0.15, 0.2) is 0 Å². The normalized spacial score (nSPS) is 11.9. The van der Waals surface area contributed by atoms with E-state index in [0.29, 0.717) is 18.0 Å². The summed E-state index contributed by atoms with van der Waals surface area (Å²) in [6.07, 6.45) is 2.17. The number of amides is 1. The molecule has 2 aromatic carbocycles. The highest BCUT2D eigenvalue weighted by Gasteiger charge is 2.21. The molecule has 0 fully saturated rings. The van der Waals surface area contributed by atoms with Gasteiger partial charge in [-0.25, -0.2) is 4.98 Å². The van der Waals surface area contributed by atoms with Gasteiger partial charge in [-0.2, -0.15) is 0 Å². The fourth-order valence-corrected chi connectivity index (χ4v) is 3.56. The van der Waals surface area contributed by atoms with Crippen molar-refractivity contribution in [3.05, 3.63) is 87.3 Å². The number of hydrogen-bond acceptors (Lipinski definition) is 3. The first kappa shape index (κ1) is 17.6. The molecule has 0 saturated carbocycles. The van der Waals surface area contributed by atoms with Gasteiger partial charge in [-0.15, -0.1) is 11.3 Å². The zero-order chi connectivity index (χ0) is 17.6. The van der Waals surface area contributed by atoms with Crippen LogP contribution in [-0.2, 0) is 11.3 Å². The molecule has 0 radical (unpaired) electrons. The maximum atomic E-state index is 12.8. The van der Waals surface area contributed by atoms with Gasteiger partial charge < -0.3 is 4.90 Å². The topological polar surface area (TPSA) is 33.2 Å². The molecule has 0 aliphatic rings. The van der Waals surface area contributed by atoms with Crippen molar-refractivity contribution in [2.75, 3.05) is 7.05 Å². The van der Waals surface area contributed by atoms with Crippen LogP contribution in [0, 0.1) is 0 Å². The predicted molar refractivity (Wildman–Crippen MR) is 103 cm³/mol. The lowest BCUT2D eigenvalue weighted by molar-refractivity contribution is -0.130. The molecule has 1 heterocycles. The minimum Gasteiger partial charge on any atom is -0.339 e. The van der Waals surface area contributed by atoms with Gasteiger partial charge in [0.2, 0.25) is 5.91 Å². The van der Waals surface area contributed by atoms with Crippen LogP contribution in [0.15, 0.2) is 66.2 Å². The Morgan fingerprint density at radius 3 is 2.44 bits per heavy atom. The highest BCUT2D eigenvalue weighted by molar-refractivity contribution is 7.09. The molecule has 0 bridgehead atoms. The predicted octanol–water partition coefficient (Wildman–Crippen LogP) is 4.98. The summed E-state index contributed by atoms with van der Waals surface area (Å²) in [5.41, 5.74) is 2.22. The maximum Gasteiger partial charge on any atom is 0.223 e. The summed E-state index contributed by atoms with van der Waals surface area (Å²) in [7, 11) is 1.83. The number of aromatic nitrogens is 1. The zero-order valence-electron chi connectivity index (χ0n) is 13.9. The van der Waals surface area contributed by atoms with Gasteiger partial charge in [0.1, 0.15) is 5.01 Å². The van der Waals surface area contributed by atoms with Crippen LogP contribution >= 0.6 is 22.9 Å². The lowest BCUT2D eigenvalue weighted by atomic mass is 9.88. The molecule has 0 unspecified atom stereocenters. The second kappa shape index (κ2) is 8.28. The van der Waals surface area contributed by atoms with E-state index >= 15 is 0 Å². The van der Waals surface area contributed by atoms with E-state index in [2.05, 4.69) is 17.1 Å². The Hall–Kier alpha value is -2.17. The summed E-state index contributed by atoms with van der Waals surface area (Å²) in [5.74, 6) is 0.101. The Morgan fingerprint density at radius 1 is 1.12 bits per heavy atom. The van der Waals surface area contributed by atoms with E-state index < -0.39 is 0 Å². The summed E-state index contributed by atoms with van der Waals surface area (Å²) in [6, 6.07) is 17.8. The van der Waals surface area contributed by atoms with E-state index in [9.17, 15) is 4.79 Å². The lowest BCUT2D eigenvalue weighted by Crippen LogP contribution is -2.27. The molecule has 0 N–H and O–H groups in total. The minimum atomic E-state index is 0.00436. The standard InChI is InChI=1S/C20H19ClN2OS/c1-23(14-19-22-11-12-25-19)20(24)13-18(15-5-3-2-4-6-15)16-7-9-17(21)10-8-16/h2-12,18H,13-14H2,1H3/t18-/m0/s1. The Balaban J connectivity index is 1.79. The second-order valence-corrected chi connectivity index (χ2v) is 7.31. The number of carbonyl (C=O) groups is 1. The van der Waals surface area contributed by atoms with Crippen molar-refractivity contribution in [1.82, 2.24) is 9.88 Å². The quantitative estimate of drug-likeness (QED) is 0.613. The highest BCUT2D eigenvalue weighted by atomic mass is 35.5. The van der Waals surface area contributed by atoms with Crippen LogP contribution in [0.3, 0.4) is 0 Å². The first-order chi connectivity index (χ1) is 12.1. The van der Waals surface area contributed by atoms with Crippen LogP contribution in [0.4, 0.5) is 0 Å².